The molecule has 2 rings (SSSR count). The summed E-state index contributed by atoms with van der Waals surface area (Å²) >= 11 is 0. The summed E-state index contributed by atoms with van der Waals surface area (Å²) in [4.78, 5) is 18.2. The summed E-state index contributed by atoms with van der Waals surface area (Å²) in [5.74, 6) is -0.565. The van der Waals surface area contributed by atoms with E-state index in [0.29, 0.717) is 12.4 Å². The van der Waals surface area contributed by atoms with E-state index in [-0.39, 0.29) is 11.7 Å². The molecule has 16 heavy (non-hydrogen) atoms. The molecule has 8 nitrogen and oxygen atoms in total. The van der Waals surface area contributed by atoms with Gasteiger partial charge in [0.2, 0.25) is 0 Å². The molecule has 0 unspecified atom stereocenters. The summed E-state index contributed by atoms with van der Waals surface area (Å²) in [7, 11) is 1.75. The van der Waals surface area contributed by atoms with Gasteiger partial charge in [-0.3, -0.25) is 4.68 Å². The number of oxazole rings is 1. The largest absolute Gasteiger partial charge is 0.476 e. The second kappa shape index (κ2) is 4.01. The Bertz CT molecular complexity index is 503. The first-order chi connectivity index (χ1) is 7.65. The van der Waals surface area contributed by atoms with E-state index >= 15 is 0 Å². The van der Waals surface area contributed by atoms with Crippen molar-refractivity contribution in [2.75, 3.05) is 5.32 Å². The Kier molecular flexibility index (Phi) is 2.54. The number of carboxylic acids is 1. The summed E-state index contributed by atoms with van der Waals surface area (Å²) in [6.07, 6.45) is 2.63. The maximum absolute atomic E-state index is 10.5. The molecule has 2 N–H and O–H groups in total. The minimum absolute atomic E-state index is 0.129. The van der Waals surface area contributed by atoms with Crippen LogP contribution in [0.5, 0.6) is 0 Å². The van der Waals surface area contributed by atoms with E-state index in [1.54, 1.807) is 18.1 Å². The highest BCUT2D eigenvalue weighted by molar-refractivity contribution is 5.85. The van der Waals surface area contributed by atoms with Gasteiger partial charge in [0, 0.05) is 7.05 Å². The predicted molar refractivity (Wildman–Crippen MR) is 51.8 cm³/mol. The van der Waals surface area contributed by atoms with Gasteiger partial charge in [-0.15, -0.1) is 0 Å². The van der Waals surface area contributed by atoms with Crippen molar-refractivity contribution in [2.24, 2.45) is 7.05 Å². The van der Waals surface area contributed by atoms with Crippen LogP contribution in [-0.4, -0.2) is 30.8 Å². The third-order valence-electron chi connectivity index (χ3n) is 1.77. The van der Waals surface area contributed by atoms with Crippen LogP contribution in [0.25, 0.3) is 0 Å². The lowest BCUT2D eigenvalue weighted by Gasteiger charge is -1.95. The van der Waals surface area contributed by atoms with Gasteiger partial charge in [-0.1, -0.05) is 0 Å². The number of hydrogen-bond donors (Lipinski definition) is 2. The monoisotopic (exact) mass is 223 g/mol. The van der Waals surface area contributed by atoms with Crippen molar-refractivity contribution >= 4 is 12.0 Å². The quantitative estimate of drug-likeness (QED) is 0.757. The molecular formula is C8H9N5O3. The first-order valence-electron chi connectivity index (χ1n) is 4.42. The van der Waals surface area contributed by atoms with Gasteiger partial charge < -0.3 is 14.8 Å². The molecule has 0 aromatic carbocycles. The zero-order valence-corrected chi connectivity index (χ0v) is 8.41. The van der Waals surface area contributed by atoms with Crippen LogP contribution in [0.2, 0.25) is 0 Å². The Morgan fingerprint density at radius 1 is 1.69 bits per heavy atom. The van der Waals surface area contributed by atoms with Gasteiger partial charge in [-0.2, -0.15) is 10.1 Å². The third kappa shape index (κ3) is 2.16. The first-order valence-corrected chi connectivity index (χ1v) is 4.42. The normalized spacial score (nSPS) is 10.3. The number of aryl methyl sites for hydroxylation is 1. The summed E-state index contributed by atoms with van der Waals surface area (Å²) in [6.45, 7) is 0.320. The van der Waals surface area contributed by atoms with Gasteiger partial charge in [0.1, 0.15) is 12.6 Å². The van der Waals surface area contributed by atoms with Gasteiger partial charge in [0.15, 0.2) is 11.5 Å². The van der Waals surface area contributed by atoms with Gasteiger partial charge in [0.25, 0.3) is 6.01 Å². The molecule has 0 radical (unpaired) electrons. The summed E-state index contributed by atoms with van der Waals surface area (Å²) in [5.41, 5.74) is -0.142. The summed E-state index contributed by atoms with van der Waals surface area (Å²) in [6, 6.07) is 0.129. The predicted octanol–water partition coefficient (Wildman–Crippen LogP) is 0.113. The zero-order valence-electron chi connectivity index (χ0n) is 8.41. The maximum atomic E-state index is 10.5. The number of nitrogens with one attached hydrogen (secondary N) is 1. The second-order valence-corrected chi connectivity index (χ2v) is 3.03. The van der Waals surface area contributed by atoms with Gasteiger partial charge in [-0.25, -0.2) is 9.78 Å². The molecule has 0 bridgehead atoms. The van der Waals surface area contributed by atoms with E-state index < -0.39 is 5.97 Å². The number of rotatable bonds is 4. The average molecular weight is 223 g/mol. The molecule has 8 heteroatoms. The Hall–Kier alpha value is -2.38. The van der Waals surface area contributed by atoms with Gasteiger partial charge >= 0.3 is 5.97 Å². The molecule has 2 aromatic rings. The fraction of sp³-hybridized carbons (Fsp3) is 0.250. The highest BCUT2D eigenvalue weighted by atomic mass is 16.4. The third-order valence-corrected chi connectivity index (χ3v) is 1.77. The SMILES string of the molecule is Cn1cnc(CNc2nc(C(=O)O)co2)n1. The van der Waals surface area contributed by atoms with Crippen molar-refractivity contribution in [3.05, 3.63) is 24.1 Å². The highest BCUT2D eigenvalue weighted by Crippen LogP contribution is 2.07. The van der Waals surface area contributed by atoms with E-state index in [1.165, 1.54) is 0 Å². The standard InChI is InChI=1S/C8H9N5O3/c1-13-4-10-6(12-13)2-9-8-11-5(3-16-8)7(14)15/h3-4H,2H2,1H3,(H,9,11)(H,14,15). The fourth-order valence-corrected chi connectivity index (χ4v) is 1.07. The fourth-order valence-electron chi connectivity index (χ4n) is 1.07. The number of anilines is 1. The average Bonchev–Trinajstić information content (AvgIpc) is 2.83. The van der Waals surface area contributed by atoms with E-state index in [4.69, 9.17) is 9.52 Å². The lowest BCUT2D eigenvalue weighted by molar-refractivity contribution is 0.0690. The van der Waals surface area contributed by atoms with Gasteiger partial charge in [-0.05, 0) is 0 Å². The number of carbonyl (C=O) groups is 1. The van der Waals surface area contributed by atoms with Crippen molar-refractivity contribution < 1.29 is 14.3 Å². The molecule has 0 amide bonds. The van der Waals surface area contributed by atoms with E-state index in [0.717, 1.165) is 6.26 Å². The van der Waals surface area contributed by atoms with Crippen molar-refractivity contribution in [3.8, 4) is 0 Å². The smallest absolute Gasteiger partial charge is 0.357 e. The minimum Gasteiger partial charge on any atom is -0.476 e. The van der Waals surface area contributed by atoms with Crippen LogP contribution < -0.4 is 5.32 Å². The molecule has 0 atom stereocenters. The summed E-state index contributed by atoms with van der Waals surface area (Å²) < 4.78 is 6.45. The molecule has 2 aromatic heterocycles. The topological polar surface area (TPSA) is 106 Å². The molecule has 2 heterocycles. The minimum atomic E-state index is -1.13. The van der Waals surface area contributed by atoms with Crippen LogP contribution in [0.1, 0.15) is 16.3 Å². The number of carboxylic acid groups (broad SMARTS) is 1. The van der Waals surface area contributed by atoms with Crippen LogP contribution in [0.4, 0.5) is 6.01 Å². The molecule has 0 spiro atoms. The van der Waals surface area contributed by atoms with Crippen molar-refractivity contribution in [1.29, 1.82) is 0 Å². The first kappa shape index (κ1) is 10.1. The zero-order chi connectivity index (χ0) is 11.5. The number of hydrogen-bond acceptors (Lipinski definition) is 6. The Balaban J connectivity index is 1.97. The lowest BCUT2D eigenvalue weighted by atomic mass is 10.5. The lowest BCUT2D eigenvalue weighted by Crippen LogP contribution is -2.03. The van der Waals surface area contributed by atoms with Crippen LogP contribution in [-0.2, 0) is 13.6 Å². The number of aromatic carboxylic acids is 1. The number of aromatic nitrogens is 4. The summed E-state index contributed by atoms with van der Waals surface area (Å²) in [5, 5.41) is 15.4. The van der Waals surface area contributed by atoms with Crippen molar-refractivity contribution in [1.82, 2.24) is 19.7 Å². The molecule has 0 fully saturated rings. The van der Waals surface area contributed by atoms with Crippen LogP contribution >= 0.6 is 0 Å². The molecule has 0 saturated heterocycles. The van der Waals surface area contributed by atoms with Crippen LogP contribution in [0, 0.1) is 0 Å². The van der Waals surface area contributed by atoms with E-state index in [2.05, 4.69) is 20.4 Å². The number of nitrogens with zero attached hydrogens (tertiary/aromatic N) is 4. The van der Waals surface area contributed by atoms with E-state index in [1.807, 2.05) is 0 Å². The van der Waals surface area contributed by atoms with Crippen molar-refractivity contribution in [2.45, 2.75) is 6.54 Å². The van der Waals surface area contributed by atoms with Crippen LogP contribution in [0.3, 0.4) is 0 Å². The molecule has 0 aliphatic carbocycles. The molecule has 0 saturated carbocycles. The molecular weight excluding hydrogens is 214 g/mol. The molecule has 0 aliphatic heterocycles. The second-order valence-electron chi connectivity index (χ2n) is 3.03. The Labute approximate surface area is 89.9 Å². The molecule has 0 aliphatic rings. The van der Waals surface area contributed by atoms with Gasteiger partial charge in [0.05, 0.1) is 6.54 Å². The Morgan fingerprint density at radius 2 is 2.50 bits per heavy atom. The maximum Gasteiger partial charge on any atom is 0.357 e. The van der Waals surface area contributed by atoms with E-state index in [9.17, 15) is 4.79 Å². The highest BCUT2D eigenvalue weighted by Gasteiger charge is 2.10. The van der Waals surface area contributed by atoms with Crippen molar-refractivity contribution in [3.63, 3.8) is 0 Å². The molecule has 84 valence electrons. The van der Waals surface area contributed by atoms with Crippen LogP contribution in [0.15, 0.2) is 17.0 Å². The Morgan fingerprint density at radius 3 is 3.06 bits per heavy atom.